The maximum atomic E-state index is 13.1. The Bertz CT molecular complexity index is 1050. The van der Waals surface area contributed by atoms with Crippen LogP contribution in [-0.2, 0) is 10.0 Å². The van der Waals surface area contributed by atoms with Gasteiger partial charge in [0, 0.05) is 32.2 Å². The van der Waals surface area contributed by atoms with Gasteiger partial charge in [-0.25, -0.2) is 13.4 Å². The van der Waals surface area contributed by atoms with Gasteiger partial charge in [0.05, 0.1) is 29.5 Å². The van der Waals surface area contributed by atoms with Gasteiger partial charge in [0.25, 0.3) is 15.9 Å². The molecular formula is C22H29N5O4S. The average molecular weight is 460 g/mol. The summed E-state index contributed by atoms with van der Waals surface area (Å²) in [4.78, 5) is 19.8. The summed E-state index contributed by atoms with van der Waals surface area (Å²) in [6, 6.07) is 7.84. The fourth-order valence-electron chi connectivity index (χ4n) is 4.11. The van der Waals surface area contributed by atoms with Crippen LogP contribution in [0.2, 0.25) is 0 Å². The van der Waals surface area contributed by atoms with E-state index in [2.05, 4.69) is 25.2 Å². The number of hydrogen-bond donors (Lipinski definition) is 3. The third-order valence-corrected chi connectivity index (χ3v) is 7.24. The number of methoxy groups -OCH3 is 1. The fraction of sp³-hybridized carbons (Fsp3) is 0.455. The van der Waals surface area contributed by atoms with Crippen LogP contribution in [-0.4, -0.2) is 58.6 Å². The highest BCUT2D eigenvalue weighted by Gasteiger charge is 2.25. The molecule has 1 saturated heterocycles. The molecular weight excluding hydrogens is 430 g/mol. The Morgan fingerprint density at radius 1 is 1.16 bits per heavy atom. The molecule has 2 aliphatic rings. The van der Waals surface area contributed by atoms with Crippen molar-refractivity contribution in [2.75, 3.05) is 42.9 Å². The predicted molar refractivity (Wildman–Crippen MR) is 123 cm³/mol. The molecule has 1 amide bonds. The van der Waals surface area contributed by atoms with E-state index in [0.29, 0.717) is 17.1 Å². The molecule has 0 atom stereocenters. The van der Waals surface area contributed by atoms with Crippen LogP contribution in [0, 0.1) is 0 Å². The molecule has 32 heavy (non-hydrogen) atoms. The molecule has 1 aliphatic carbocycles. The lowest BCUT2D eigenvalue weighted by molar-refractivity contribution is 0.0938. The van der Waals surface area contributed by atoms with Crippen LogP contribution in [0.5, 0.6) is 5.75 Å². The summed E-state index contributed by atoms with van der Waals surface area (Å²) in [7, 11) is -2.32. The molecule has 0 radical (unpaired) electrons. The van der Waals surface area contributed by atoms with Crippen molar-refractivity contribution in [2.45, 2.75) is 36.6 Å². The first-order valence-corrected chi connectivity index (χ1v) is 12.4. The molecule has 0 bridgehead atoms. The number of anilines is 2. The first-order chi connectivity index (χ1) is 15.5. The lowest BCUT2D eigenvalue weighted by Gasteiger charge is -2.30. The smallest absolute Gasteiger partial charge is 0.261 e. The number of sulfonamides is 1. The summed E-state index contributed by atoms with van der Waals surface area (Å²) in [6.45, 7) is 3.07. The summed E-state index contributed by atoms with van der Waals surface area (Å²) < 4.78 is 33.3. The van der Waals surface area contributed by atoms with Gasteiger partial charge < -0.3 is 20.3 Å². The van der Waals surface area contributed by atoms with Crippen molar-refractivity contribution in [2.24, 2.45) is 0 Å². The van der Waals surface area contributed by atoms with Gasteiger partial charge in [-0.2, -0.15) is 0 Å². The molecule has 172 valence electrons. The van der Waals surface area contributed by atoms with Crippen molar-refractivity contribution < 1.29 is 17.9 Å². The number of nitrogens with zero attached hydrogens (tertiary/aromatic N) is 2. The van der Waals surface area contributed by atoms with Crippen LogP contribution in [0.3, 0.4) is 0 Å². The van der Waals surface area contributed by atoms with E-state index in [1.165, 1.54) is 25.4 Å². The van der Waals surface area contributed by atoms with Gasteiger partial charge in [-0.15, -0.1) is 0 Å². The van der Waals surface area contributed by atoms with Crippen molar-refractivity contribution in [1.82, 2.24) is 15.6 Å². The number of amides is 1. The van der Waals surface area contributed by atoms with Crippen molar-refractivity contribution >= 4 is 27.4 Å². The van der Waals surface area contributed by atoms with Gasteiger partial charge in [-0.05, 0) is 43.2 Å². The Morgan fingerprint density at radius 2 is 1.84 bits per heavy atom. The fourth-order valence-corrected chi connectivity index (χ4v) is 5.15. The average Bonchev–Trinajstić information content (AvgIpc) is 3.32. The number of aromatic nitrogens is 1. The van der Waals surface area contributed by atoms with E-state index in [1.54, 1.807) is 18.2 Å². The van der Waals surface area contributed by atoms with Gasteiger partial charge in [-0.3, -0.25) is 9.52 Å². The highest BCUT2D eigenvalue weighted by molar-refractivity contribution is 7.92. The Kier molecular flexibility index (Phi) is 6.80. The number of carbonyl (C=O) groups excluding carboxylic acids is 1. The maximum Gasteiger partial charge on any atom is 0.261 e. The monoisotopic (exact) mass is 459 g/mol. The second kappa shape index (κ2) is 9.74. The van der Waals surface area contributed by atoms with Gasteiger partial charge in [0.2, 0.25) is 0 Å². The van der Waals surface area contributed by atoms with E-state index in [0.717, 1.165) is 51.9 Å². The molecule has 2 aromatic rings. The minimum atomic E-state index is -3.84. The molecule has 1 aromatic heterocycles. The van der Waals surface area contributed by atoms with E-state index in [4.69, 9.17) is 4.74 Å². The van der Waals surface area contributed by atoms with Crippen molar-refractivity contribution in [3.63, 3.8) is 0 Å². The molecule has 2 fully saturated rings. The van der Waals surface area contributed by atoms with E-state index in [-0.39, 0.29) is 22.5 Å². The summed E-state index contributed by atoms with van der Waals surface area (Å²) in [5, 5.41) is 6.39. The lowest BCUT2D eigenvalue weighted by Crippen LogP contribution is -2.45. The third-order valence-electron chi connectivity index (χ3n) is 5.84. The van der Waals surface area contributed by atoms with Crippen LogP contribution in [0.1, 0.15) is 36.0 Å². The Hall–Kier alpha value is -2.85. The third kappa shape index (κ3) is 5.13. The topological polar surface area (TPSA) is 113 Å². The summed E-state index contributed by atoms with van der Waals surface area (Å²) in [5.41, 5.74) is 0.630. The highest BCUT2D eigenvalue weighted by atomic mass is 32.2. The molecule has 10 heteroatoms. The molecule has 1 saturated carbocycles. The van der Waals surface area contributed by atoms with Gasteiger partial charge in [-0.1, -0.05) is 12.8 Å². The SMILES string of the molecule is COc1ccc(S(=O)(=O)Nc2cnc(N3CCNCC3)c(C(=O)NC3CCCC3)c2)cc1. The maximum absolute atomic E-state index is 13.1. The van der Waals surface area contributed by atoms with Gasteiger partial charge in [0.1, 0.15) is 11.6 Å². The second-order valence-corrected chi connectivity index (χ2v) is 9.75. The predicted octanol–water partition coefficient (Wildman–Crippen LogP) is 1.97. The minimum Gasteiger partial charge on any atom is -0.497 e. The van der Waals surface area contributed by atoms with E-state index < -0.39 is 10.0 Å². The lowest BCUT2D eigenvalue weighted by atomic mass is 10.1. The first-order valence-electron chi connectivity index (χ1n) is 10.9. The Morgan fingerprint density at radius 3 is 2.50 bits per heavy atom. The van der Waals surface area contributed by atoms with Gasteiger partial charge in [0.15, 0.2) is 0 Å². The number of nitrogens with one attached hydrogen (secondary N) is 3. The van der Waals surface area contributed by atoms with Crippen LogP contribution < -0.4 is 25.0 Å². The standard InChI is InChI=1S/C22H29N5O4S/c1-31-18-6-8-19(9-7-18)32(29,30)26-17-14-20(22(28)25-16-4-2-3-5-16)21(24-15-17)27-12-10-23-11-13-27/h6-9,14-16,23,26H,2-5,10-13H2,1H3,(H,25,28). The number of carbonyl (C=O) groups is 1. The zero-order valence-corrected chi connectivity index (χ0v) is 19.0. The quantitative estimate of drug-likeness (QED) is 0.580. The zero-order valence-electron chi connectivity index (χ0n) is 18.1. The van der Waals surface area contributed by atoms with E-state index in [9.17, 15) is 13.2 Å². The minimum absolute atomic E-state index is 0.0986. The molecule has 9 nitrogen and oxygen atoms in total. The number of ether oxygens (including phenoxy) is 1. The Labute approximate surface area is 188 Å². The molecule has 0 unspecified atom stereocenters. The summed E-state index contributed by atoms with van der Waals surface area (Å²) in [5.74, 6) is 0.926. The summed E-state index contributed by atoms with van der Waals surface area (Å²) in [6.07, 6.45) is 5.60. The highest BCUT2D eigenvalue weighted by Crippen LogP contribution is 2.26. The molecule has 1 aliphatic heterocycles. The van der Waals surface area contributed by atoms with Crippen LogP contribution in [0.25, 0.3) is 0 Å². The second-order valence-electron chi connectivity index (χ2n) is 8.07. The van der Waals surface area contributed by atoms with Crippen LogP contribution >= 0.6 is 0 Å². The summed E-state index contributed by atoms with van der Waals surface area (Å²) >= 11 is 0. The molecule has 2 heterocycles. The molecule has 1 aromatic carbocycles. The van der Waals surface area contributed by atoms with Crippen LogP contribution in [0.15, 0.2) is 41.4 Å². The molecule has 0 spiro atoms. The molecule has 4 rings (SSSR count). The first kappa shape index (κ1) is 22.3. The van der Waals surface area contributed by atoms with Crippen molar-refractivity contribution in [3.8, 4) is 5.75 Å². The Balaban J connectivity index is 1.61. The van der Waals surface area contributed by atoms with Gasteiger partial charge >= 0.3 is 0 Å². The number of benzene rings is 1. The number of rotatable bonds is 7. The number of hydrogen-bond acceptors (Lipinski definition) is 7. The normalized spacial score (nSPS) is 17.2. The van der Waals surface area contributed by atoms with Crippen molar-refractivity contribution in [1.29, 1.82) is 0 Å². The van der Waals surface area contributed by atoms with E-state index in [1.807, 2.05) is 0 Å². The van der Waals surface area contributed by atoms with Crippen LogP contribution in [0.4, 0.5) is 11.5 Å². The van der Waals surface area contributed by atoms with Crippen molar-refractivity contribution in [3.05, 3.63) is 42.1 Å². The molecule has 3 N–H and O–H groups in total. The van der Waals surface area contributed by atoms with E-state index >= 15 is 0 Å². The number of piperazine rings is 1. The zero-order chi connectivity index (χ0) is 22.6. The largest absolute Gasteiger partial charge is 0.497 e. The number of pyridine rings is 1.